The molecule has 3 rings (SSSR count). The zero-order chi connectivity index (χ0) is 14.0. The summed E-state index contributed by atoms with van der Waals surface area (Å²) in [6.45, 7) is 0.926. The van der Waals surface area contributed by atoms with Gasteiger partial charge in [0, 0.05) is 18.7 Å². The molecule has 0 bridgehead atoms. The second kappa shape index (κ2) is 5.70. The molecule has 0 radical (unpaired) electrons. The molecule has 2 aliphatic rings. The minimum atomic E-state index is -0.723. The molecule has 2 N–H and O–H groups in total. The van der Waals surface area contributed by atoms with Crippen molar-refractivity contribution in [1.29, 1.82) is 0 Å². The van der Waals surface area contributed by atoms with Crippen LogP contribution in [0.5, 0.6) is 5.75 Å². The van der Waals surface area contributed by atoms with Crippen molar-refractivity contribution < 1.29 is 14.2 Å². The van der Waals surface area contributed by atoms with Crippen molar-refractivity contribution >= 4 is 0 Å². The minimum Gasteiger partial charge on any atom is -0.490 e. The third-order valence-electron chi connectivity index (χ3n) is 4.15. The maximum Gasteiger partial charge on any atom is 0.127 e. The molecule has 110 valence electrons. The maximum absolute atomic E-state index is 13.6. The van der Waals surface area contributed by atoms with Crippen LogP contribution in [0.2, 0.25) is 0 Å². The van der Waals surface area contributed by atoms with E-state index in [0.29, 0.717) is 18.3 Å². The van der Waals surface area contributed by atoms with Crippen molar-refractivity contribution in [3.8, 4) is 5.75 Å². The van der Waals surface area contributed by atoms with E-state index in [1.807, 2.05) is 6.07 Å². The molecule has 0 aliphatic heterocycles. The maximum atomic E-state index is 13.6. The first kappa shape index (κ1) is 13.8. The van der Waals surface area contributed by atoms with E-state index in [0.717, 1.165) is 31.2 Å². The Hall–Kier alpha value is -1.13. The fourth-order valence-electron chi connectivity index (χ4n) is 2.75. The van der Waals surface area contributed by atoms with Crippen LogP contribution in [-0.2, 0) is 6.54 Å². The summed E-state index contributed by atoms with van der Waals surface area (Å²) in [6.07, 6.45) is 6.06. The highest BCUT2D eigenvalue weighted by atomic mass is 19.1. The number of hydrogen-bond donors (Lipinski definition) is 2. The van der Waals surface area contributed by atoms with Crippen LogP contribution in [-0.4, -0.2) is 23.4 Å². The molecule has 20 heavy (non-hydrogen) atoms. The molecular formula is C16H22FNO2. The molecule has 0 atom stereocenters. The summed E-state index contributed by atoms with van der Waals surface area (Å²) in [5, 5.41) is 13.6. The Balaban J connectivity index is 1.59. The normalized spacial score (nSPS) is 21.1. The number of hydrogen-bond acceptors (Lipinski definition) is 3. The van der Waals surface area contributed by atoms with Crippen LogP contribution in [0.1, 0.15) is 44.1 Å². The molecule has 3 nitrogen and oxygen atoms in total. The highest BCUT2D eigenvalue weighted by molar-refractivity contribution is 5.30. The Kier molecular flexibility index (Phi) is 3.94. The second-order valence-electron chi connectivity index (χ2n) is 6.17. The van der Waals surface area contributed by atoms with Crippen molar-refractivity contribution in [1.82, 2.24) is 5.32 Å². The lowest BCUT2D eigenvalue weighted by Crippen LogP contribution is -2.32. The van der Waals surface area contributed by atoms with Gasteiger partial charge in [0.2, 0.25) is 0 Å². The highest BCUT2D eigenvalue weighted by Crippen LogP contribution is 2.30. The summed E-state index contributed by atoms with van der Waals surface area (Å²) >= 11 is 0. The van der Waals surface area contributed by atoms with Crippen LogP contribution in [0, 0.1) is 5.82 Å². The Morgan fingerprint density at radius 3 is 2.70 bits per heavy atom. The number of rotatable bonds is 6. The van der Waals surface area contributed by atoms with Crippen molar-refractivity contribution in [2.24, 2.45) is 0 Å². The quantitative estimate of drug-likeness (QED) is 0.841. The molecule has 0 unspecified atom stereocenters. The van der Waals surface area contributed by atoms with Gasteiger partial charge in [0.15, 0.2) is 0 Å². The van der Waals surface area contributed by atoms with Crippen LogP contribution < -0.4 is 10.1 Å². The third kappa shape index (κ3) is 3.70. The van der Waals surface area contributed by atoms with Crippen LogP contribution >= 0.6 is 0 Å². The monoisotopic (exact) mass is 279 g/mol. The summed E-state index contributed by atoms with van der Waals surface area (Å²) in [7, 11) is 0. The average Bonchev–Trinajstić information content (AvgIpc) is 3.15. The SMILES string of the molecule is OC1(COc2cc(F)cc(CNC3CC3)c2)CCCC1. The molecule has 2 saturated carbocycles. The Labute approximate surface area is 119 Å². The third-order valence-corrected chi connectivity index (χ3v) is 4.15. The average molecular weight is 279 g/mol. The number of benzene rings is 1. The minimum absolute atomic E-state index is 0.256. The first-order valence-electron chi connectivity index (χ1n) is 7.51. The molecule has 0 spiro atoms. The van der Waals surface area contributed by atoms with E-state index in [1.54, 1.807) is 0 Å². The van der Waals surface area contributed by atoms with Crippen LogP contribution in [0.15, 0.2) is 18.2 Å². The van der Waals surface area contributed by atoms with Gasteiger partial charge in [-0.3, -0.25) is 0 Å². The first-order valence-corrected chi connectivity index (χ1v) is 7.51. The molecule has 0 amide bonds. The summed E-state index contributed by atoms with van der Waals surface area (Å²) in [5.74, 6) is 0.228. The molecular weight excluding hydrogens is 257 g/mol. The predicted octanol–water partition coefficient (Wildman–Crippen LogP) is 2.76. The largest absolute Gasteiger partial charge is 0.490 e. The lowest BCUT2D eigenvalue weighted by atomic mass is 10.0. The molecule has 1 aromatic rings. The molecule has 4 heteroatoms. The smallest absolute Gasteiger partial charge is 0.127 e. The summed E-state index contributed by atoms with van der Waals surface area (Å²) in [5.41, 5.74) is 0.170. The molecule has 2 fully saturated rings. The van der Waals surface area contributed by atoms with Crippen molar-refractivity contribution in [2.75, 3.05) is 6.61 Å². The molecule has 1 aromatic carbocycles. The van der Waals surface area contributed by atoms with Gasteiger partial charge in [0.05, 0.1) is 5.60 Å². The highest BCUT2D eigenvalue weighted by Gasteiger charge is 2.32. The topological polar surface area (TPSA) is 41.5 Å². The number of aliphatic hydroxyl groups is 1. The van der Waals surface area contributed by atoms with Crippen molar-refractivity contribution in [3.63, 3.8) is 0 Å². The molecule has 0 aromatic heterocycles. The Morgan fingerprint density at radius 2 is 2.00 bits per heavy atom. The second-order valence-corrected chi connectivity index (χ2v) is 6.17. The predicted molar refractivity (Wildman–Crippen MR) is 75.2 cm³/mol. The lowest BCUT2D eigenvalue weighted by Gasteiger charge is -2.22. The number of nitrogens with one attached hydrogen (secondary N) is 1. The lowest BCUT2D eigenvalue weighted by molar-refractivity contribution is 0.00129. The molecule has 2 aliphatic carbocycles. The molecule has 0 saturated heterocycles. The fraction of sp³-hybridized carbons (Fsp3) is 0.625. The Morgan fingerprint density at radius 1 is 1.25 bits per heavy atom. The van der Waals surface area contributed by atoms with E-state index in [1.165, 1.54) is 25.0 Å². The number of halogens is 1. The van der Waals surface area contributed by atoms with E-state index in [-0.39, 0.29) is 12.4 Å². The summed E-state index contributed by atoms with van der Waals surface area (Å²) in [6, 6.07) is 5.38. The number of ether oxygens (including phenoxy) is 1. The zero-order valence-corrected chi connectivity index (χ0v) is 11.7. The van der Waals surface area contributed by atoms with Gasteiger partial charge in [-0.25, -0.2) is 4.39 Å². The van der Waals surface area contributed by atoms with Crippen LogP contribution in [0.25, 0.3) is 0 Å². The summed E-state index contributed by atoms with van der Waals surface area (Å²) < 4.78 is 19.2. The van der Waals surface area contributed by atoms with E-state index < -0.39 is 5.60 Å². The van der Waals surface area contributed by atoms with E-state index in [4.69, 9.17) is 4.74 Å². The van der Waals surface area contributed by atoms with E-state index in [9.17, 15) is 9.50 Å². The van der Waals surface area contributed by atoms with Crippen LogP contribution in [0.3, 0.4) is 0 Å². The standard InChI is InChI=1S/C16H22FNO2/c17-13-7-12(10-18-14-3-4-14)8-15(9-13)20-11-16(19)5-1-2-6-16/h7-9,14,18-19H,1-6,10-11H2. The summed E-state index contributed by atoms with van der Waals surface area (Å²) in [4.78, 5) is 0. The fourth-order valence-corrected chi connectivity index (χ4v) is 2.75. The van der Waals surface area contributed by atoms with Crippen LogP contribution in [0.4, 0.5) is 4.39 Å². The van der Waals surface area contributed by atoms with Gasteiger partial charge in [-0.05, 0) is 43.4 Å². The van der Waals surface area contributed by atoms with Gasteiger partial charge in [-0.2, -0.15) is 0 Å². The van der Waals surface area contributed by atoms with Gasteiger partial charge in [-0.15, -0.1) is 0 Å². The van der Waals surface area contributed by atoms with Gasteiger partial charge in [0.25, 0.3) is 0 Å². The zero-order valence-electron chi connectivity index (χ0n) is 11.7. The Bertz CT molecular complexity index is 468. The van der Waals surface area contributed by atoms with Crippen molar-refractivity contribution in [3.05, 3.63) is 29.6 Å². The van der Waals surface area contributed by atoms with Gasteiger partial charge in [0.1, 0.15) is 18.2 Å². The van der Waals surface area contributed by atoms with Gasteiger partial charge < -0.3 is 15.2 Å². The molecule has 0 heterocycles. The van der Waals surface area contributed by atoms with E-state index >= 15 is 0 Å². The van der Waals surface area contributed by atoms with Crippen molar-refractivity contribution in [2.45, 2.75) is 56.7 Å². The van der Waals surface area contributed by atoms with Gasteiger partial charge in [-0.1, -0.05) is 12.8 Å². The first-order chi connectivity index (χ1) is 9.63. The van der Waals surface area contributed by atoms with Gasteiger partial charge >= 0.3 is 0 Å². The van der Waals surface area contributed by atoms with E-state index in [2.05, 4.69) is 5.32 Å².